The average Bonchev–Trinajstić information content (AvgIpc) is 2.01. The first kappa shape index (κ1) is 13.4. The number of carbonyl (C=O) groups excluding carboxylic acids is 1. The second kappa shape index (κ2) is 6.82. The summed E-state index contributed by atoms with van der Waals surface area (Å²) < 4.78 is 0. The fraction of sp³-hybridized carbons (Fsp3) is 0.909. The van der Waals surface area contributed by atoms with Gasteiger partial charge in [0.2, 0.25) is 5.91 Å². The van der Waals surface area contributed by atoms with Crippen LogP contribution in [-0.4, -0.2) is 23.7 Å². The lowest BCUT2D eigenvalue weighted by atomic mass is 10.0. The van der Waals surface area contributed by atoms with Crippen LogP contribution in [0.4, 0.5) is 0 Å². The Labute approximate surface area is 86.9 Å². The van der Waals surface area contributed by atoms with Gasteiger partial charge in [-0.3, -0.25) is 4.79 Å². The van der Waals surface area contributed by atoms with Gasteiger partial charge < -0.3 is 10.4 Å². The maximum Gasteiger partial charge on any atom is 0.220 e. The summed E-state index contributed by atoms with van der Waals surface area (Å²) in [6, 6.07) is 0.103. The molecule has 0 aliphatic heterocycles. The fourth-order valence-electron chi connectivity index (χ4n) is 1.35. The number of rotatable bonds is 6. The maximum absolute atomic E-state index is 11.5. The van der Waals surface area contributed by atoms with Crippen molar-refractivity contribution < 1.29 is 9.90 Å². The summed E-state index contributed by atoms with van der Waals surface area (Å²) in [7, 11) is 0. The van der Waals surface area contributed by atoms with E-state index < -0.39 is 0 Å². The van der Waals surface area contributed by atoms with E-state index in [1.54, 1.807) is 0 Å². The number of aliphatic hydroxyl groups is 1. The Balaban J connectivity index is 3.96. The first-order valence-electron chi connectivity index (χ1n) is 5.37. The highest BCUT2D eigenvalue weighted by Crippen LogP contribution is 2.07. The Hall–Kier alpha value is -0.570. The van der Waals surface area contributed by atoms with Crippen molar-refractivity contribution in [2.24, 2.45) is 11.8 Å². The highest BCUT2D eigenvalue weighted by atomic mass is 16.3. The third-order valence-electron chi connectivity index (χ3n) is 2.18. The molecule has 0 fully saturated rings. The molecule has 84 valence electrons. The standard InChI is InChI=1S/C11H23NO2/c1-8(2)7-11(14)12-10(5-6-13)9(3)4/h8-10,13H,5-7H2,1-4H3,(H,12,14). The van der Waals surface area contributed by atoms with E-state index in [2.05, 4.69) is 19.2 Å². The Bertz CT molecular complexity index is 167. The topological polar surface area (TPSA) is 49.3 Å². The zero-order chi connectivity index (χ0) is 11.1. The average molecular weight is 201 g/mol. The minimum absolute atomic E-state index is 0.0900. The van der Waals surface area contributed by atoms with Crippen molar-refractivity contribution in [2.75, 3.05) is 6.61 Å². The molecular weight excluding hydrogens is 178 g/mol. The van der Waals surface area contributed by atoms with Crippen molar-refractivity contribution in [1.82, 2.24) is 5.32 Å². The fourth-order valence-corrected chi connectivity index (χ4v) is 1.35. The molecule has 0 saturated carbocycles. The Morgan fingerprint density at radius 3 is 2.21 bits per heavy atom. The molecule has 0 aromatic rings. The first-order chi connectivity index (χ1) is 6.47. The first-order valence-corrected chi connectivity index (χ1v) is 5.37. The van der Waals surface area contributed by atoms with Crippen LogP contribution in [0.5, 0.6) is 0 Å². The van der Waals surface area contributed by atoms with Crippen molar-refractivity contribution >= 4 is 5.91 Å². The van der Waals surface area contributed by atoms with Crippen LogP contribution in [0.1, 0.15) is 40.5 Å². The molecule has 0 radical (unpaired) electrons. The molecule has 3 nitrogen and oxygen atoms in total. The van der Waals surface area contributed by atoms with Gasteiger partial charge in [-0.05, 0) is 18.3 Å². The van der Waals surface area contributed by atoms with Gasteiger partial charge in [0.25, 0.3) is 0 Å². The van der Waals surface area contributed by atoms with Gasteiger partial charge >= 0.3 is 0 Å². The summed E-state index contributed by atoms with van der Waals surface area (Å²) in [6.07, 6.45) is 1.20. The quantitative estimate of drug-likeness (QED) is 0.685. The van der Waals surface area contributed by atoms with Gasteiger partial charge in [0.15, 0.2) is 0 Å². The van der Waals surface area contributed by atoms with E-state index in [0.29, 0.717) is 24.7 Å². The van der Waals surface area contributed by atoms with Crippen LogP contribution >= 0.6 is 0 Å². The van der Waals surface area contributed by atoms with E-state index in [1.807, 2.05) is 13.8 Å². The van der Waals surface area contributed by atoms with Crippen molar-refractivity contribution in [3.63, 3.8) is 0 Å². The molecule has 1 amide bonds. The zero-order valence-corrected chi connectivity index (χ0v) is 9.71. The number of hydrogen-bond donors (Lipinski definition) is 2. The van der Waals surface area contributed by atoms with Gasteiger partial charge in [-0.25, -0.2) is 0 Å². The Morgan fingerprint density at radius 2 is 1.86 bits per heavy atom. The lowest BCUT2D eigenvalue weighted by molar-refractivity contribution is -0.122. The van der Waals surface area contributed by atoms with Crippen LogP contribution in [0, 0.1) is 11.8 Å². The summed E-state index contributed by atoms with van der Waals surface area (Å²) in [5, 5.41) is 11.8. The van der Waals surface area contributed by atoms with Gasteiger partial charge in [0.1, 0.15) is 0 Å². The number of hydrogen-bond acceptors (Lipinski definition) is 2. The molecule has 0 bridgehead atoms. The highest BCUT2D eigenvalue weighted by molar-refractivity contribution is 5.76. The molecule has 0 aliphatic carbocycles. The molecule has 0 aromatic heterocycles. The summed E-state index contributed by atoms with van der Waals surface area (Å²) in [4.78, 5) is 11.5. The SMILES string of the molecule is CC(C)CC(=O)NC(CCO)C(C)C. The molecule has 0 spiro atoms. The molecule has 0 aromatic carbocycles. The van der Waals surface area contributed by atoms with Crippen LogP contribution in [0.15, 0.2) is 0 Å². The molecular formula is C11H23NO2. The number of carbonyl (C=O) groups is 1. The zero-order valence-electron chi connectivity index (χ0n) is 9.71. The van der Waals surface area contributed by atoms with Crippen LogP contribution in [0.2, 0.25) is 0 Å². The smallest absolute Gasteiger partial charge is 0.220 e. The largest absolute Gasteiger partial charge is 0.396 e. The Kier molecular flexibility index (Phi) is 6.54. The molecule has 0 aliphatic rings. The Morgan fingerprint density at radius 1 is 1.29 bits per heavy atom. The lowest BCUT2D eigenvalue weighted by Gasteiger charge is -2.21. The van der Waals surface area contributed by atoms with E-state index in [9.17, 15) is 4.79 Å². The van der Waals surface area contributed by atoms with Gasteiger partial charge in [0, 0.05) is 19.1 Å². The minimum Gasteiger partial charge on any atom is -0.396 e. The van der Waals surface area contributed by atoms with Crippen molar-refractivity contribution in [3.05, 3.63) is 0 Å². The predicted octanol–water partition coefficient (Wildman–Crippen LogP) is 1.56. The van der Waals surface area contributed by atoms with Crippen molar-refractivity contribution in [2.45, 2.75) is 46.6 Å². The number of amides is 1. The van der Waals surface area contributed by atoms with Crippen LogP contribution < -0.4 is 5.32 Å². The molecule has 0 heterocycles. The van der Waals surface area contributed by atoms with Crippen molar-refractivity contribution in [1.29, 1.82) is 0 Å². The number of nitrogens with one attached hydrogen (secondary N) is 1. The van der Waals surface area contributed by atoms with E-state index in [4.69, 9.17) is 5.11 Å². The van der Waals surface area contributed by atoms with Gasteiger partial charge in [0.05, 0.1) is 0 Å². The van der Waals surface area contributed by atoms with Gasteiger partial charge in [-0.2, -0.15) is 0 Å². The maximum atomic E-state index is 11.5. The minimum atomic E-state index is 0.0900. The van der Waals surface area contributed by atoms with Crippen molar-refractivity contribution in [3.8, 4) is 0 Å². The monoisotopic (exact) mass is 201 g/mol. The summed E-state index contributed by atoms with van der Waals surface area (Å²) in [5.74, 6) is 0.849. The second-order valence-electron chi connectivity index (χ2n) is 4.53. The second-order valence-corrected chi connectivity index (χ2v) is 4.53. The molecule has 0 saturated heterocycles. The summed E-state index contributed by atoms with van der Waals surface area (Å²) >= 11 is 0. The summed E-state index contributed by atoms with van der Waals surface area (Å²) in [6.45, 7) is 8.28. The van der Waals surface area contributed by atoms with Crippen LogP contribution in [0.3, 0.4) is 0 Å². The highest BCUT2D eigenvalue weighted by Gasteiger charge is 2.15. The summed E-state index contributed by atoms with van der Waals surface area (Å²) in [5.41, 5.74) is 0. The van der Waals surface area contributed by atoms with Gasteiger partial charge in [-0.15, -0.1) is 0 Å². The number of aliphatic hydroxyl groups excluding tert-OH is 1. The molecule has 14 heavy (non-hydrogen) atoms. The molecule has 2 N–H and O–H groups in total. The molecule has 3 heteroatoms. The van der Waals surface area contributed by atoms with Gasteiger partial charge in [-0.1, -0.05) is 27.7 Å². The molecule has 1 unspecified atom stereocenters. The van der Waals surface area contributed by atoms with E-state index in [0.717, 1.165) is 0 Å². The molecule has 0 rings (SSSR count). The van der Waals surface area contributed by atoms with E-state index >= 15 is 0 Å². The lowest BCUT2D eigenvalue weighted by Crippen LogP contribution is -2.39. The van der Waals surface area contributed by atoms with Crippen LogP contribution in [-0.2, 0) is 4.79 Å². The van der Waals surface area contributed by atoms with Crippen LogP contribution in [0.25, 0.3) is 0 Å². The third kappa shape index (κ3) is 5.97. The van der Waals surface area contributed by atoms with E-state index in [1.165, 1.54) is 0 Å². The predicted molar refractivity (Wildman–Crippen MR) is 57.9 cm³/mol. The molecule has 1 atom stereocenters. The third-order valence-corrected chi connectivity index (χ3v) is 2.18. The normalized spacial score (nSPS) is 13.4. The van der Waals surface area contributed by atoms with E-state index in [-0.39, 0.29) is 18.6 Å².